The Morgan fingerprint density at radius 2 is 1.85 bits per heavy atom. The Labute approximate surface area is 192 Å². The van der Waals surface area contributed by atoms with Crippen LogP contribution in [0.3, 0.4) is 0 Å². The Kier molecular flexibility index (Phi) is 6.46. The predicted octanol–water partition coefficient (Wildman–Crippen LogP) is 1.84. The van der Waals surface area contributed by atoms with Gasteiger partial charge in [0.15, 0.2) is 5.60 Å². The summed E-state index contributed by atoms with van der Waals surface area (Å²) in [5.74, 6) is -0.401. The standard InChI is InChI=1S/C25H28N4O4/c1-28(2)24(32)25(15-18-7-6-10-20(13-18)19-8-4-3-5-9-19)17-29(11-12-33-25)22(30)14-21-16-26-27-23(21)31/h3-10,13,16H,11-12,14-15,17H2,1-2H3,(H2,26,27,31)/t25-/m1/s1. The average molecular weight is 449 g/mol. The van der Waals surface area contributed by atoms with E-state index in [2.05, 4.69) is 16.3 Å². The predicted molar refractivity (Wildman–Crippen MR) is 125 cm³/mol. The minimum atomic E-state index is -1.20. The van der Waals surface area contributed by atoms with Crippen molar-refractivity contribution in [2.24, 2.45) is 0 Å². The molecule has 0 saturated carbocycles. The maximum absolute atomic E-state index is 13.3. The summed E-state index contributed by atoms with van der Waals surface area (Å²) in [4.78, 5) is 41.2. The second-order valence-electron chi connectivity index (χ2n) is 8.55. The number of likely N-dealkylation sites (N-methyl/N-ethyl adjacent to an activating group) is 1. The number of carbonyl (C=O) groups is 2. The fraction of sp³-hybridized carbons (Fsp3) is 0.320. The molecule has 0 aliphatic carbocycles. The highest BCUT2D eigenvalue weighted by Gasteiger charge is 2.46. The molecule has 4 rings (SSSR count). The van der Waals surface area contributed by atoms with E-state index in [4.69, 9.17) is 4.74 Å². The van der Waals surface area contributed by atoms with Crippen molar-refractivity contribution in [3.05, 3.63) is 82.3 Å². The van der Waals surface area contributed by atoms with Gasteiger partial charge in [-0.1, -0.05) is 54.6 Å². The van der Waals surface area contributed by atoms with Crippen LogP contribution in [0, 0.1) is 0 Å². The van der Waals surface area contributed by atoms with E-state index in [9.17, 15) is 14.4 Å². The number of aromatic nitrogens is 2. The van der Waals surface area contributed by atoms with Crippen LogP contribution in [0.1, 0.15) is 11.1 Å². The van der Waals surface area contributed by atoms with Crippen molar-refractivity contribution in [1.82, 2.24) is 20.0 Å². The molecule has 0 bridgehead atoms. The van der Waals surface area contributed by atoms with Crippen LogP contribution in [-0.4, -0.2) is 71.2 Å². The first-order chi connectivity index (χ1) is 15.9. The number of nitrogens with zero attached hydrogens (tertiary/aromatic N) is 2. The highest BCUT2D eigenvalue weighted by molar-refractivity contribution is 5.87. The number of ether oxygens (including phenoxy) is 1. The van der Waals surface area contributed by atoms with Crippen molar-refractivity contribution in [3.8, 4) is 11.1 Å². The molecule has 3 aromatic rings. The van der Waals surface area contributed by atoms with E-state index in [1.165, 1.54) is 11.1 Å². The van der Waals surface area contributed by atoms with Gasteiger partial charge in [-0.25, -0.2) is 0 Å². The number of H-pyrrole nitrogens is 2. The number of rotatable bonds is 6. The van der Waals surface area contributed by atoms with Gasteiger partial charge >= 0.3 is 0 Å². The minimum Gasteiger partial charge on any atom is -0.361 e. The molecule has 1 aliphatic heterocycles. The smallest absolute Gasteiger partial charge is 0.267 e. The fourth-order valence-corrected chi connectivity index (χ4v) is 4.28. The lowest BCUT2D eigenvalue weighted by molar-refractivity contribution is -0.172. The van der Waals surface area contributed by atoms with Crippen LogP contribution in [0.25, 0.3) is 11.1 Å². The summed E-state index contributed by atoms with van der Waals surface area (Å²) in [5.41, 5.74) is 1.94. The quantitative estimate of drug-likeness (QED) is 0.601. The van der Waals surface area contributed by atoms with Crippen molar-refractivity contribution in [1.29, 1.82) is 0 Å². The molecule has 0 radical (unpaired) electrons. The zero-order valence-electron chi connectivity index (χ0n) is 18.8. The summed E-state index contributed by atoms with van der Waals surface area (Å²) in [7, 11) is 3.38. The van der Waals surface area contributed by atoms with E-state index in [0.717, 1.165) is 16.7 Å². The van der Waals surface area contributed by atoms with E-state index in [1.54, 1.807) is 19.0 Å². The van der Waals surface area contributed by atoms with Crippen LogP contribution in [0.4, 0.5) is 0 Å². The lowest BCUT2D eigenvalue weighted by Crippen LogP contribution is -2.62. The third-order valence-electron chi connectivity index (χ3n) is 5.92. The second kappa shape index (κ2) is 9.46. The Morgan fingerprint density at radius 3 is 2.55 bits per heavy atom. The molecule has 172 valence electrons. The molecule has 1 fully saturated rings. The first-order valence-electron chi connectivity index (χ1n) is 10.9. The van der Waals surface area contributed by atoms with Crippen molar-refractivity contribution in [2.75, 3.05) is 33.8 Å². The minimum absolute atomic E-state index is 0.0332. The molecule has 2 amide bonds. The summed E-state index contributed by atoms with van der Waals surface area (Å²) in [6, 6.07) is 18.1. The molecular weight excluding hydrogens is 420 g/mol. The van der Waals surface area contributed by atoms with Gasteiger partial charge in [-0.05, 0) is 16.7 Å². The van der Waals surface area contributed by atoms with Crippen LogP contribution in [-0.2, 0) is 27.2 Å². The molecular formula is C25H28N4O4. The van der Waals surface area contributed by atoms with E-state index >= 15 is 0 Å². The first-order valence-corrected chi connectivity index (χ1v) is 10.9. The van der Waals surface area contributed by atoms with Crippen LogP contribution >= 0.6 is 0 Å². The Hall–Kier alpha value is -3.65. The monoisotopic (exact) mass is 448 g/mol. The summed E-state index contributed by atoms with van der Waals surface area (Å²) >= 11 is 0. The number of carbonyl (C=O) groups excluding carboxylic acids is 2. The van der Waals surface area contributed by atoms with E-state index < -0.39 is 5.60 Å². The Bertz CT molecular complexity index is 1180. The molecule has 2 heterocycles. The van der Waals surface area contributed by atoms with Gasteiger partial charge < -0.3 is 19.6 Å². The van der Waals surface area contributed by atoms with Gasteiger partial charge in [0, 0.05) is 38.8 Å². The number of morpholine rings is 1. The lowest BCUT2D eigenvalue weighted by atomic mass is 9.89. The van der Waals surface area contributed by atoms with Gasteiger partial charge in [-0.2, -0.15) is 0 Å². The van der Waals surface area contributed by atoms with Crippen molar-refractivity contribution < 1.29 is 14.3 Å². The molecule has 0 spiro atoms. The number of hydrogen-bond acceptors (Lipinski definition) is 4. The molecule has 2 aromatic carbocycles. The summed E-state index contributed by atoms with van der Waals surface area (Å²) in [5, 5.41) is 5.05. The molecule has 1 aliphatic rings. The number of hydrogen-bond donors (Lipinski definition) is 2. The maximum atomic E-state index is 13.3. The number of nitrogens with one attached hydrogen (secondary N) is 2. The van der Waals surface area contributed by atoms with E-state index in [0.29, 0.717) is 18.5 Å². The molecule has 8 heteroatoms. The van der Waals surface area contributed by atoms with Gasteiger partial charge in [0.2, 0.25) is 5.91 Å². The van der Waals surface area contributed by atoms with Gasteiger partial charge in [0.05, 0.1) is 19.6 Å². The summed E-state index contributed by atoms with van der Waals surface area (Å²) < 4.78 is 6.12. The maximum Gasteiger partial charge on any atom is 0.267 e. The molecule has 8 nitrogen and oxygen atoms in total. The van der Waals surface area contributed by atoms with Gasteiger partial charge in [0.1, 0.15) is 0 Å². The van der Waals surface area contributed by atoms with Crippen LogP contribution in [0.2, 0.25) is 0 Å². The topological polar surface area (TPSA) is 98.5 Å². The third-order valence-corrected chi connectivity index (χ3v) is 5.92. The number of amides is 2. The fourth-order valence-electron chi connectivity index (χ4n) is 4.28. The number of benzene rings is 2. The first kappa shape index (κ1) is 22.5. The van der Waals surface area contributed by atoms with Crippen LogP contribution < -0.4 is 5.56 Å². The van der Waals surface area contributed by atoms with E-state index in [1.807, 2.05) is 48.5 Å². The van der Waals surface area contributed by atoms with Gasteiger partial charge in [-0.3, -0.25) is 19.5 Å². The Morgan fingerprint density at radius 1 is 1.09 bits per heavy atom. The van der Waals surface area contributed by atoms with Crippen LogP contribution in [0.15, 0.2) is 65.6 Å². The van der Waals surface area contributed by atoms with E-state index in [-0.39, 0.29) is 36.9 Å². The van der Waals surface area contributed by atoms with Crippen molar-refractivity contribution in [2.45, 2.75) is 18.4 Å². The average Bonchev–Trinajstić information content (AvgIpc) is 3.23. The largest absolute Gasteiger partial charge is 0.361 e. The molecule has 1 atom stereocenters. The highest BCUT2D eigenvalue weighted by atomic mass is 16.5. The molecule has 1 aromatic heterocycles. The number of aromatic amines is 2. The molecule has 0 unspecified atom stereocenters. The zero-order valence-corrected chi connectivity index (χ0v) is 18.8. The zero-order chi connectivity index (χ0) is 23.4. The molecule has 1 saturated heterocycles. The van der Waals surface area contributed by atoms with Gasteiger partial charge in [-0.15, -0.1) is 0 Å². The van der Waals surface area contributed by atoms with Crippen molar-refractivity contribution >= 4 is 11.8 Å². The molecule has 33 heavy (non-hydrogen) atoms. The SMILES string of the molecule is CN(C)C(=O)[C@@]1(Cc2cccc(-c3ccccc3)c2)CN(C(=O)Cc2c[nH][nH]c2=O)CCO1. The van der Waals surface area contributed by atoms with Crippen molar-refractivity contribution in [3.63, 3.8) is 0 Å². The third kappa shape index (κ3) is 4.90. The summed E-state index contributed by atoms with van der Waals surface area (Å²) in [6.07, 6.45) is 1.79. The Balaban J connectivity index is 1.60. The van der Waals surface area contributed by atoms with Gasteiger partial charge in [0.25, 0.3) is 11.5 Å². The normalized spacial score (nSPS) is 18.2. The lowest BCUT2D eigenvalue weighted by Gasteiger charge is -2.43. The van der Waals surface area contributed by atoms with Crippen LogP contribution in [0.5, 0.6) is 0 Å². The highest BCUT2D eigenvalue weighted by Crippen LogP contribution is 2.28. The second-order valence-corrected chi connectivity index (χ2v) is 8.55. The summed E-state index contributed by atoms with van der Waals surface area (Å²) in [6.45, 7) is 0.738. The molecule has 2 N–H and O–H groups in total.